The quantitative estimate of drug-likeness (QED) is 0.407. The number of sulfone groups is 1. The molecule has 1 amide bonds. The Bertz CT molecular complexity index is 1080. The van der Waals surface area contributed by atoms with Crippen molar-refractivity contribution in [3.63, 3.8) is 0 Å². The number of nitrogens with zero attached hydrogens (tertiary/aromatic N) is 2. The molecule has 0 atom stereocenters. The van der Waals surface area contributed by atoms with Gasteiger partial charge in [-0.2, -0.15) is 0 Å². The van der Waals surface area contributed by atoms with E-state index in [0.717, 1.165) is 23.8 Å². The summed E-state index contributed by atoms with van der Waals surface area (Å²) >= 11 is 6.82. The molecule has 0 fully saturated rings. The number of amides is 1. The van der Waals surface area contributed by atoms with E-state index in [1.807, 2.05) is 0 Å². The van der Waals surface area contributed by atoms with E-state index in [2.05, 4.69) is 15.3 Å². The van der Waals surface area contributed by atoms with E-state index in [-0.39, 0.29) is 38.5 Å². The molecule has 0 radical (unpaired) electrons. The summed E-state index contributed by atoms with van der Waals surface area (Å²) in [5.41, 5.74) is 0.0260. The highest BCUT2D eigenvalue weighted by atomic mass is 35.5. The molecule has 2 aromatic heterocycles. The lowest BCUT2D eigenvalue weighted by molar-refractivity contribution is 0.0527. The molecule has 0 aromatic carbocycles. The number of ketones is 1. The number of halogens is 1. The van der Waals surface area contributed by atoms with E-state index in [1.165, 1.54) is 6.92 Å². The number of anilines is 1. The van der Waals surface area contributed by atoms with Crippen LogP contribution in [-0.2, 0) is 14.6 Å². The van der Waals surface area contributed by atoms with Gasteiger partial charge in [-0.05, 0) is 26.3 Å². The Hall–Kier alpha value is -2.37. The third-order valence-electron chi connectivity index (χ3n) is 3.44. The highest BCUT2D eigenvalue weighted by Gasteiger charge is 2.27. The van der Waals surface area contributed by atoms with E-state index >= 15 is 0 Å². The molecule has 0 bridgehead atoms. The number of thiophene rings is 1. The van der Waals surface area contributed by atoms with Crippen LogP contribution < -0.4 is 5.32 Å². The second-order valence-corrected chi connectivity index (χ2v) is 8.95. The van der Waals surface area contributed by atoms with Gasteiger partial charge in [-0.15, -0.1) is 11.3 Å². The first-order valence-electron chi connectivity index (χ1n) is 7.82. The van der Waals surface area contributed by atoms with Gasteiger partial charge in [0.2, 0.25) is 15.0 Å². The number of Topliss-reactive ketones (excluding diaryl/α,β-unsaturated/α-hetero) is 1. The van der Waals surface area contributed by atoms with Gasteiger partial charge in [0.05, 0.1) is 28.3 Å². The Labute approximate surface area is 170 Å². The molecule has 0 aliphatic carbocycles. The lowest BCUT2D eigenvalue weighted by Gasteiger charge is -2.08. The van der Waals surface area contributed by atoms with Crippen molar-refractivity contribution in [2.45, 2.75) is 25.9 Å². The van der Waals surface area contributed by atoms with Gasteiger partial charge in [-0.25, -0.2) is 23.2 Å². The van der Waals surface area contributed by atoms with Gasteiger partial charge in [0.25, 0.3) is 5.91 Å². The number of hydrogen-bond donors (Lipinski definition) is 1. The minimum atomic E-state index is -3.77. The number of carbonyl (C=O) groups is 3. The van der Waals surface area contributed by atoms with Crippen LogP contribution >= 0.6 is 22.9 Å². The number of ether oxygens (including phenoxy) is 1. The van der Waals surface area contributed by atoms with Crippen molar-refractivity contribution in [2.24, 2.45) is 0 Å². The van der Waals surface area contributed by atoms with Crippen molar-refractivity contribution in [1.82, 2.24) is 9.97 Å². The topological polar surface area (TPSA) is 132 Å². The molecule has 0 spiro atoms. The zero-order valence-electron chi connectivity index (χ0n) is 15.3. The Morgan fingerprint density at radius 1 is 1.32 bits per heavy atom. The highest BCUT2D eigenvalue weighted by molar-refractivity contribution is 7.90. The predicted octanol–water partition coefficient (Wildman–Crippen LogP) is 2.54. The maximum Gasteiger partial charge on any atom is 0.341 e. The van der Waals surface area contributed by atoms with Crippen LogP contribution in [0.15, 0.2) is 11.4 Å². The molecular formula is C16H16ClN3O6S2. The summed E-state index contributed by atoms with van der Waals surface area (Å²) in [7, 11) is -3.77. The average molecular weight is 446 g/mol. The minimum Gasteiger partial charge on any atom is -0.462 e. The predicted molar refractivity (Wildman–Crippen MR) is 103 cm³/mol. The number of rotatable bonds is 6. The van der Waals surface area contributed by atoms with Crippen molar-refractivity contribution in [3.05, 3.63) is 32.9 Å². The number of aromatic nitrogens is 2. The Morgan fingerprint density at radius 3 is 2.50 bits per heavy atom. The van der Waals surface area contributed by atoms with Crippen LogP contribution in [0.4, 0.5) is 5.00 Å². The molecule has 0 saturated heterocycles. The summed E-state index contributed by atoms with van der Waals surface area (Å²) in [5.74, 6) is -1.85. The van der Waals surface area contributed by atoms with Crippen molar-refractivity contribution < 1.29 is 27.5 Å². The maximum atomic E-state index is 12.6. The summed E-state index contributed by atoms with van der Waals surface area (Å²) < 4.78 is 28.2. The molecule has 2 rings (SSSR count). The summed E-state index contributed by atoms with van der Waals surface area (Å²) in [6, 6.07) is 0. The molecule has 2 aromatic rings. The van der Waals surface area contributed by atoms with E-state index < -0.39 is 26.9 Å². The van der Waals surface area contributed by atoms with Gasteiger partial charge in [0, 0.05) is 6.26 Å². The van der Waals surface area contributed by atoms with Crippen molar-refractivity contribution in [3.8, 4) is 0 Å². The third-order valence-corrected chi connectivity index (χ3v) is 5.89. The van der Waals surface area contributed by atoms with Gasteiger partial charge in [0.15, 0.2) is 11.5 Å². The van der Waals surface area contributed by atoms with Crippen LogP contribution in [0.25, 0.3) is 0 Å². The molecule has 0 unspecified atom stereocenters. The minimum absolute atomic E-state index is 0.0407. The molecule has 9 nitrogen and oxygen atoms in total. The molecule has 28 heavy (non-hydrogen) atoms. The lowest BCUT2D eigenvalue weighted by atomic mass is 10.1. The molecule has 150 valence electrons. The van der Waals surface area contributed by atoms with Crippen LogP contribution in [0.1, 0.15) is 49.9 Å². The standard InChI is InChI=1S/C16H16ClN3O6S2/c1-5-26-15(23)10-7(2)12(8(3)21)27-14(10)20-13(22)11-9(17)6-18-16(19-11)28(4,24)25/h6H,5H2,1-4H3,(H,20,22). The fourth-order valence-corrected chi connectivity index (χ4v) is 4.00. The van der Waals surface area contributed by atoms with Crippen molar-refractivity contribution in [1.29, 1.82) is 0 Å². The fourth-order valence-electron chi connectivity index (χ4n) is 2.24. The number of carbonyl (C=O) groups excluding carboxylic acids is 3. The molecule has 0 saturated carbocycles. The lowest BCUT2D eigenvalue weighted by Crippen LogP contribution is -2.18. The summed E-state index contributed by atoms with van der Waals surface area (Å²) in [6.07, 6.45) is 1.88. The smallest absolute Gasteiger partial charge is 0.341 e. The molecule has 2 heterocycles. The van der Waals surface area contributed by atoms with Crippen LogP contribution in [0.3, 0.4) is 0 Å². The Morgan fingerprint density at radius 2 is 1.96 bits per heavy atom. The van der Waals surface area contributed by atoms with Gasteiger partial charge in [-0.3, -0.25) is 9.59 Å². The highest BCUT2D eigenvalue weighted by Crippen LogP contribution is 2.34. The van der Waals surface area contributed by atoms with Crippen LogP contribution in [-0.4, -0.2) is 48.9 Å². The van der Waals surface area contributed by atoms with E-state index in [9.17, 15) is 22.8 Å². The SMILES string of the molecule is CCOC(=O)c1c(NC(=O)c2nc(S(C)(=O)=O)ncc2Cl)sc(C(C)=O)c1C. The van der Waals surface area contributed by atoms with Gasteiger partial charge in [0.1, 0.15) is 5.00 Å². The van der Waals surface area contributed by atoms with Crippen molar-refractivity contribution in [2.75, 3.05) is 18.2 Å². The zero-order valence-corrected chi connectivity index (χ0v) is 17.7. The normalized spacial score (nSPS) is 11.2. The number of esters is 1. The molecule has 0 aliphatic heterocycles. The molecular weight excluding hydrogens is 430 g/mol. The van der Waals surface area contributed by atoms with E-state index in [4.69, 9.17) is 16.3 Å². The second kappa shape index (κ2) is 8.33. The molecule has 1 N–H and O–H groups in total. The summed E-state index contributed by atoms with van der Waals surface area (Å²) in [6.45, 7) is 4.62. The first-order chi connectivity index (χ1) is 13.0. The summed E-state index contributed by atoms with van der Waals surface area (Å²) in [5, 5.41) is 1.78. The van der Waals surface area contributed by atoms with E-state index in [0.29, 0.717) is 5.56 Å². The first-order valence-corrected chi connectivity index (χ1v) is 10.9. The number of nitrogens with one attached hydrogen (secondary N) is 1. The van der Waals surface area contributed by atoms with Gasteiger partial charge < -0.3 is 10.1 Å². The number of hydrogen-bond acceptors (Lipinski definition) is 9. The molecule has 12 heteroatoms. The van der Waals surface area contributed by atoms with E-state index in [1.54, 1.807) is 13.8 Å². The second-order valence-electron chi connectivity index (χ2n) is 5.61. The van der Waals surface area contributed by atoms with Gasteiger partial charge in [-0.1, -0.05) is 11.6 Å². The zero-order chi connectivity index (χ0) is 21.2. The Kier molecular flexibility index (Phi) is 6.52. The first kappa shape index (κ1) is 21.9. The third kappa shape index (κ3) is 4.54. The maximum absolute atomic E-state index is 12.6. The fraction of sp³-hybridized carbons (Fsp3) is 0.312. The largest absolute Gasteiger partial charge is 0.462 e. The Balaban J connectivity index is 2.51. The van der Waals surface area contributed by atoms with Gasteiger partial charge >= 0.3 is 5.97 Å². The van der Waals surface area contributed by atoms with Crippen molar-refractivity contribution >= 4 is 55.4 Å². The molecule has 0 aliphatic rings. The van der Waals surface area contributed by atoms with Crippen LogP contribution in [0.2, 0.25) is 5.02 Å². The average Bonchev–Trinajstić information content (AvgIpc) is 2.90. The van der Waals surface area contributed by atoms with Crippen LogP contribution in [0.5, 0.6) is 0 Å². The summed E-state index contributed by atoms with van der Waals surface area (Å²) in [4.78, 5) is 44.3. The van der Waals surface area contributed by atoms with Crippen LogP contribution in [0, 0.1) is 6.92 Å². The monoisotopic (exact) mass is 445 g/mol.